The molecule has 7 heteroatoms. The van der Waals surface area contributed by atoms with Gasteiger partial charge in [-0.25, -0.2) is 4.99 Å². The number of likely N-dealkylation sites (tertiary alicyclic amines) is 1. The minimum atomic E-state index is 0. The fourth-order valence-corrected chi connectivity index (χ4v) is 4.25. The zero-order valence-corrected chi connectivity index (χ0v) is 20.7. The summed E-state index contributed by atoms with van der Waals surface area (Å²) in [4.78, 5) is 19.5. The number of halogens is 1. The zero-order valence-electron chi connectivity index (χ0n) is 18.4. The quantitative estimate of drug-likeness (QED) is 0.307. The Morgan fingerprint density at radius 2 is 1.90 bits per heavy atom. The van der Waals surface area contributed by atoms with E-state index < -0.39 is 0 Å². The van der Waals surface area contributed by atoms with E-state index in [0.29, 0.717) is 25.7 Å². The van der Waals surface area contributed by atoms with Gasteiger partial charge in [-0.1, -0.05) is 37.1 Å². The van der Waals surface area contributed by atoms with Gasteiger partial charge in [0.25, 0.3) is 0 Å². The maximum Gasteiger partial charge on any atom is 0.225 e. The van der Waals surface area contributed by atoms with E-state index in [4.69, 9.17) is 9.73 Å². The Morgan fingerprint density at radius 1 is 1.17 bits per heavy atom. The zero-order chi connectivity index (χ0) is 20.5. The van der Waals surface area contributed by atoms with Crippen LogP contribution in [0.2, 0.25) is 0 Å². The molecule has 1 amide bonds. The Morgan fingerprint density at radius 3 is 2.60 bits per heavy atom. The monoisotopic (exact) mass is 528 g/mol. The molecular weight excluding hydrogens is 491 g/mol. The SMILES string of the molecule is CCNC(=NCc1ccccc1COCC)NC1CCN(C(=O)C2CCCC2)C1.I. The van der Waals surface area contributed by atoms with Gasteiger partial charge in [0.1, 0.15) is 0 Å². The lowest BCUT2D eigenvalue weighted by Gasteiger charge is -2.21. The minimum Gasteiger partial charge on any atom is -0.377 e. The van der Waals surface area contributed by atoms with Crippen molar-refractivity contribution in [2.24, 2.45) is 10.9 Å². The molecule has 1 unspecified atom stereocenters. The van der Waals surface area contributed by atoms with Crippen LogP contribution in [0.1, 0.15) is 57.1 Å². The lowest BCUT2D eigenvalue weighted by atomic mass is 10.1. The highest BCUT2D eigenvalue weighted by Crippen LogP contribution is 2.27. The van der Waals surface area contributed by atoms with Gasteiger partial charge in [-0.3, -0.25) is 4.79 Å². The number of amides is 1. The van der Waals surface area contributed by atoms with Crippen LogP contribution >= 0.6 is 24.0 Å². The smallest absolute Gasteiger partial charge is 0.225 e. The summed E-state index contributed by atoms with van der Waals surface area (Å²) in [7, 11) is 0. The Kier molecular flexibility index (Phi) is 10.9. The molecule has 168 valence electrons. The van der Waals surface area contributed by atoms with Crippen molar-refractivity contribution < 1.29 is 9.53 Å². The highest BCUT2D eigenvalue weighted by Gasteiger charge is 2.32. The van der Waals surface area contributed by atoms with Crippen LogP contribution in [0.4, 0.5) is 0 Å². The van der Waals surface area contributed by atoms with Crippen molar-refractivity contribution >= 4 is 35.8 Å². The number of nitrogens with one attached hydrogen (secondary N) is 2. The molecule has 2 fully saturated rings. The molecule has 1 aromatic rings. The summed E-state index contributed by atoms with van der Waals surface area (Å²) in [6.07, 6.45) is 5.52. The first-order valence-electron chi connectivity index (χ1n) is 11.2. The van der Waals surface area contributed by atoms with Gasteiger partial charge >= 0.3 is 0 Å². The molecule has 0 radical (unpaired) electrons. The molecule has 2 aliphatic rings. The molecule has 2 N–H and O–H groups in total. The van der Waals surface area contributed by atoms with Crippen molar-refractivity contribution in [2.75, 3.05) is 26.2 Å². The number of rotatable bonds is 8. The van der Waals surface area contributed by atoms with E-state index in [9.17, 15) is 4.79 Å². The van der Waals surface area contributed by atoms with Gasteiger partial charge in [-0.15, -0.1) is 24.0 Å². The number of hydrogen-bond acceptors (Lipinski definition) is 3. The number of hydrogen-bond donors (Lipinski definition) is 2. The minimum absolute atomic E-state index is 0. The Labute approximate surface area is 198 Å². The van der Waals surface area contributed by atoms with Gasteiger partial charge in [0.05, 0.1) is 13.2 Å². The summed E-state index contributed by atoms with van der Waals surface area (Å²) < 4.78 is 5.58. The summed E-state index contributed by atoms with van der Waals surface area (Å²) in [5, 5.41) is 6.88. The summed E-state index contributed by atoms with van der Waals surface area (Å²) >= 11 is 0. The Hall–Kier alpha value is -1.35. The van der Waals surface area contributed by atoms with Gasteiger partial charge in [-0.2, -0.15) is 0 Å². The number of benzene rings is 1. The molecule has 30 heavy (non-hydrogen) atoms. The second kappa shape index (κ2) is 13.1. The third kappa shape index (κ3) is 7.11. The third-order valence-corrected chi connectivity index (χ3v) is 5.88. The van der Waals surface area contributed by atoms with E-state index in [-0.39, 0.29) is 35.9 Å². The summed E-state index contributed by atoms with van der Waals surface area (Å²) in [6.45, 7) is 8.46. The highest BCUT2D eigenvalue weighted by atomic mass is 127. The van der Waals surface area contributed by atoms with Crippen LogP contribution in [0.3, 0.4) is 0 Å². The van der Waals surface area contributed by atoms with Crippen LogP contribution in [0.5, 0.6) is 0 Å². The van der Waals surface area contributed by atoms with Crippen molar-refractivity contribution in [2.45, 2.75) is 65.1 Å². The van der Waals surface area contributed by atoms with Gasteiger partial charge in [0.15, 0.2) is 5.96 Å². The normalized spacial score (nSPS) is 19.6. The van der Waals surface area contributed by atoms with Crippen LogP contribution in [0, 0.1) is 5.92 Å². The van der Waals surface area contributed by atoms with Gasteiger partial charge in [-0.05, 0) is 44.2 Å². The molecule has 1 heterocycles. The number of guanidine groups is 1. The van der Waals surface area contributed by atoms with E-state index in [1.165, 1.54) is 24.0 Å². The van der Waals surface area contributed by atoms with Gasteiger partial charge < -0.3 is 20.3 Å². The van der Waals surface area contributed by atoms with Gasteiger partial charge in [0, 0.05) is 38.2 Å². The molecule has 3 rings (SSSR count). The average Bonchev–Trinajstić information content (AvgIpc) is 3.43. The molecule has 1 aromatic carbocycles. The molecule has 1 saturated carbocycles. The topological polar surface area (TPSA) is 66.0 Å². The van der Waals surface area contributed by atoms with Crippen LogP contribution in [-0.4, -0.2) is 49.0 Å². The van der Waals surface area contributed by atoms with Crippen molar-refractivity contribution in [3.63, 3.8) is 0 Å². The number of ether oxygens (including phenoxy) is 1. The first kappa shape index (κ1) is 24.9. The first-order valence-corrected chi connectivity index (χ1v) is 11.2. The predicted molar refractivity (Wildman–Crippen MR) is 132 cm³/mol. The fourth-order valence-electron chi connectivity index (χ4n) is 4.25. The second-order valence-electron chi connectivity index (χ2n) is 8.00. The van der Waals surface area contributed by atoms with Gasteiger partial charge in [0.2, 0.25) is 5.91 Å². The highest BCUT2D eigenvalue weighted by molar-refractivity contribution is 14.0. The molecule has 0 bridgehead atoms. The fraction of sp³-hybridized carbons (Fsp3) is 0.652. The number of carbonyl (C=O) groups is 1. The molecule has 6 nitrogen and oxygen atoms in total. The molecule has 1 aliphatic heterocycles. The lowest BCUT2D eigenvalue weighted by Crippen LogP contribution is -2.45. The average molecular weight is 528 g/mol. The molecular formula is C23H37IN4O2. The molecule has 0 aromatic heterocycles. The summed E-state index contributed by atoms with van der Waals surface area (Å²) in [6, 6.07) is 8.56. The summed E-state index contributed by atoms with van der Waals surface area (Å²) in [5.74, 6) is 1.44. The molecule has 1 saturated heterocycles. The maximum atomic E-state index is 12.7. The number of nitrogens with zero attached hydrogens (tertiary/aromatic N) is 2. The first-order chi connectivity index (χ1) is 14.2. The van der Waals surface area contributed by atoms with Crippen LogP contribution in [0.25, 0.3) is 0 Å². The molecule has 1 aliphatic carbocycles. The van der Waals surface area contributed by atoms with Crippen molar-refractivity contribution in [3.05, 3.63) is 35.4 Å². The third-order valence-electron chi connectivity index (χ3n) is 5.88. The van der Waals surface area contributed by atoms with Crippen LogP contribution in [0.15, 0.2) is 29.3 Å². The Bertz CT molecular complexity index is 692. The number of carbonyl (C=O) groups excluding carboxylic acids is 1. The van der Waals surface area contributed by atoms with Crippen molar-refractivity contribution in [3.8, 4) is 0 Å². The predicted octanol–water partition coefficient (Wildman–Crippen LogP) is 3.69. The number of aliphatic imine (C=N–C) groups is 1. The maximum absolute atomic E-state index is 12.7. The standard InChI is InChI=1S/C23H36N4O2.HI/c1-3-24-23(25-15-19-11-7-8-12-20(19)17-29-4-2)26-21-13-14-27(16-21)22(28)18-9-5-6-10-18;/h7-8,11-12,18,21H,3-6,9-10,13-17H2,1-2H3,(H2,24,25,26);1H. The lowest BCUT2D eigenvalue weighted by molar-refractivity contribution is -0.134. The molecule has 0 spiro atoms. The summed E-state index contributed by atoms with van der Waals surface area (Å²) in [5.41, 5.74) is 2.37. The Balaban J connectivity index is 0.00000320. The van der Waals surface area contributed by atoms with Crippen molar-refractivity contribution in [1.82, 2.24) is 15.5 Å². The van der Waals surface area contributed by atoms with Crippen molar-refractivity contribution in [1.29, 1.82) is 0 Å². The van der Waals surface area contributed by atoms with E-state index in [0.717, 1.165) is 44.9 Å². The van der Waals surface area contributed by atoms with Crippen LogP contribution < -0.4 is 10.6 Å². The van der Waals surface area contributed by atoms with Crippen LogP contribution in [-0.2, 0) is 22.7 Å². The van der Waals surface area contributed by atoms with E-state index in [2.05, 4.69) is 34.6 Å². The van der Waals surface area contributed by atoms with E-state index in [1.54, 1.807) is 0 Å². The van der Waals surface area contributed by atoms with E-state index >= 15 is 0 Å². The van der Waals surface area contributed by atoms with E-state index in [1.807, 2.05) is 19.1 Å². The molecule has 1 atom stereocenters. The largest absolute Gasteiger partial charge is 0.377 e. The second-order valence-corrected chi connectivity index (χ2v) is 8.00.